The van der Waals surface area contributed by atoms with Crippen LogP contribution >= 0.6 is 0 Å². The van der Waals surface area contributed by atoms with Crippen molar-refractivity contribution in [3.05, 3.63) is 24.0 Å². The molecular weight excluding hydrogens is 247 g/mol. The van der Waals surface area contributed by atoms with E-state index in [9.17, 15) is 9.18 Å². The Hall–Kier alpha value is -1.62. The Balaban J connectivity index is 2.37. The number of rotatable bonds is 6. The van der Waals surface area contributed by atoms with E-state index in [1.807, 2.05) is 6.92 Å². The Morgan fingerprint density at radius 1 is 1.42 bits per heavy atom. The Labute approximate surface area is 113 Å². The van der Waals surface area contributed by atoms with Gasteiger partial charge in [0.25, 0.3) is 0 Å². The van der Waals surface area contributed by atoms with Gasteiger partial charge in [0, 0.05) is 5.69 Å². The molecule has 0 bridgehead atoms. The van der Waals surface area contributed by atoms with Crippen molar-refractivity contribution < 1.29 is 13.9 Å². The predicted octanol–water partition coefficient (Wildman–Crippen LogP) is 2.80. The lowest BCUT2D eigenvalue weighted by Gasteiger charge is -2.16. The van der Waals surface area contributed by atoms with Gasteiger partial charge in [-0.3, -0.25) is 4.79 Å². The largest absolute Gasteiger partial charge is 0.396 e. The number of nitrogen functional groups attached to an aromatic ring is 1. The molecule has 4 nitrogen and oxygen atoms in total. The van der Waals surface area contributed by atoms with Crippen molar-refractivity contribution in [1.29, 1.82) is 0 Å². The summed E-state index contributed by atoms with van der Waals surface area (Å²) in [4.78, 5) is 11.6. The van der Waals surface area contributed by atoms with E-state index < -0.39 is 5.82 Å². The number of benzene rings is 1. The van der Waals surface area contributed by atoms with Crippen LogP contribution in [0.2, 0.25) is 0 Å². The van der Waals surface area contributed by atoms with Crippen LogP contribution in [0.3, 0.4) is 0 Å². The maximum Gasteiger partial charge on any atom is 0.226 e. The van der Waals surface area contributed by atoms with Gasteiger partial charge in [0.2, 0.25) is 5.91 Å². The van der Waals surface area contributed by atoms with Gasteiger partial charge in [-0.1, -0.05) is 13.8 Å². The van der Waals surface area contributed by atoms with E-state index in [1.165, 1.54) is 18.2 Å². The Bertz CT molecular complexity index is 435. The minimum absolute atomic E-state index is 0.0162. The third-order valence-electron chi connectivity index (χ3n) is 2.93. The summed E-state index contributed by atoms with van der Waals surface area (Å²) in [6, 6.07) is 4.09. The summed E-state index contributed by atoms with van der Waals surface area (Å²) in [5.74, 6) is -0.256. The average Bonchev–Trinajstić information content (AvgIpc) is 2.33. The fraction of sp³-hybridized carbons (Fsp3) is 0.500. The number of hydrogen-bond acceptors (Lipinski definition) is 3. The molecule has 0 saturated heterocycles. The molecule has 0 aliphatic carbocycles. The number of anilines is 2. The molecule has 1 unspecified atom stereocenters. The smallest absolute Gasteiger partial charge is 0.226 e. The molecule has 0 radical (unpaired) electrons. The topological polar surface area (TPSA) is 64.3 Å². The number of ether oxygens (including phenoxy) is 1. The van der Waals surface area contributed by atoms with E-state index in [0.717, 1.165) is 0 Å². The van der Waals surface area contributed by atoms with Crippen molar-refractivity contribution in [1.82, 2.24) is 0 Å². The SMILES string of the molecule is CC(C)C(C)OCCC(=O)Nc1ccc(F)c(N)c1. The second-order valence-electron chi connectivity index (χ2n) is 4.85. The van der Waals surface area contributed by atoms with Gasteiger partial charge >= 0.3 is 0 Å². The molecule has 1 atom stereocenters. The highest BCUT2D eigenvalue weighted by molar-refractivity contribution is 5.91. The average molecular weight is 268 g/mol. The molecule has 5 heteroatoms. The molecule has 0 spiro atoms. The van der Waals surface area contributed by atoms with Crippen LogP contribution in [0.4, 0.5) is 15.8 Å². The number of carbonyl (C=O) groups is 1. The first-order valence-corrected chi connectivity index (χ1v) is 6.36. The number of halogens is 1. The molecule has 0 heterocycles. The summed E-state index contributed by atoms with van der Waals surface area (Å²) in [6.45, 7) is 6.46. The fourth-order valence-electron chi connectivity index (χ4n) is 1.37. The first-order valence-electron chi connectivity index (χ1n) is 6.36. The van der Waals surface area contributed by atoms with E-state index in [4.69, 9.17) is 10.5 Å². The van der Waals surface area contributed by atoms with E-state index in [-0.39, 0.29) is 24.1 Å². The van der Waals surface area contributed by atoms with Crippen molar-refractivity contribution >= 4 is 17.3 Å². The van der Waals surface area contributed by atoms with Crippen molar-refractivity contribution in [3.63, 3.8) is 0 Å². The van der Waals surface area contributed by atoms with Crippen molar-refractivity contribution in [2.75, 3.05) is 17.7 Å². The van der Waals surface area contributed by atoms with Crippen LogP contribution in [0.15, 0.2) is 18.2 Å². The van der Waals surface area contributed by atoms with Crippen LogP contribution in [-0.2, 0) is 9.53 Å². The van der Waals surface area contributed by atoms with Crippen LogP contribution in [0.25, 0.3) is 0 Å². The first kappa shape index (κ1) is 15.4. The third-order valence-corrected chi connectivity index (χ3v) is 2.93. The summed E-state index contributed by atoms with van der Waals surface area (Å²) in [5.41, 5.74) is 5.92. The van der Waals surface area contributed by atoms with E-state index in [0.29, 0.717) is 18.2 Å². The second-order valence-corrected chi connectivity index (χ2v) is 4.85. The molecule has 0 aromatic heterocycles. The summed E-state index contributed by atoms with van der Waals surface area (Å²) in [5, 5.41) is 2.65. The van der Waals surface area contributed by atoms with Crippen molar-refractivity contribution in [2.45, 2.75) is 33.3 Å². The second kappa shape index (κ2) is 7.09. The molecule has 0 aliphatic heterocycles. The summed E-state index contributed by atoms with van der Waals surface area (Å²) >= 11 is 0. The zero-order valence-electron chi connectivity index (χ0n) is 11.6. The van der Waals surface area contributed by atoms with Gasteiger partial charge in [0.05, 0.1) is 24.8 Å². The van der Waals surface area contributed by atoms with Gasteiger partial charge in [-0.25, -0.2) is 4.39 Å². The number of amides is 1. The number of carbonyl (C=O) groups excluding carboxylic acids is 1. The lowest BCUT2D eigenvalue weighted by atomic mass is 10.1. The van der Waals surface area contributed by atoms with Crippen LogP contribution in [0.5, 0.6) is 0 Å². The highest BCUT2D eigenvalue weighted by Gasteiger charge is 2.09. The monoisotopic (exact) mass is 268 g/mol. The highest BCUT2D eigenvalue weighted by Crippen LogP contribution is 2.16. The van der Waals surface area contributed by atoms with E-state index >= 15 is 0 Å². The molecule has 1 aromatic carbocycles. The zero-order valence-corrected chi connectivity index (χ0v) is 11.6. The number of nitrogens with two attached hydrogens (primary N) is 1. The normalized spacial score (nSPS) is 12.5. The summed E-state index contributed by atoms with van der Waals surface area (Å²) in [7, 11) is 0. The maximum absolute atomic E-state index is 12.9. The first-order chi connectivity index (χ1) is 8.90. The van der Waals surface area contributed by atoms with Gasteiger partial charge in [-0.05, 0) is 31.0 Å². The third kappa shape index (κ3) is 5.26. The lowest BCUT2D eigenvalue weighted by Crippen LogP contribution is -2.20. The molecule has 1 rings (SSSR count). The van der Waals surface area contributed by atoms with Crippen LogP contribution < -0.4 is 11.1 Å². The molecule has 106 valence electrons. The molecule has 0 aliphatic rings. The molecular formula is C14H21FN2O2. The van der Waals surface area contributed by atoms with Crippen LogP contribution in [-0.4, -0.2) is 18.6 Å². The fourth-order valence-corrected chi connectivity index (χ4v) is 1.37. The minimum atomic E-state index is -0.493. The molecule has 0 saturated carbocycles. The Kier molecular flexibility index (Phi) is 5.76. The zero-order chi connectivity index (χ0) is 14.4. The quantitative estimate of drug-likeness (QED) is 0.780. The molecule has 1 aromatic rings. The summed E-state index contributed by atoms with van der Waals surface area (Å²) in [6.07, 6.45) is 0.378. The summed E-state index contributed by atoms with van der Waals surface area (Å²) < 4.78 is 18.5. The Morgan fingerprint density at radius 2 is 2.11 bits per heavy atom. The van der Waals surface area contributed by atoms with E-state index in [2.05, 4.69) is 19.2 Å². The standard InChI is InChI=1S/C14H21FN2O2/c1-9(2)10(3)19-7-6-14(18)17-11-4-5-12(15)13(16)8-11/h4-5,8-10H,6-7,16H2,1-3H3,(H,17,18). The van der Waals surface area contributed by atoms with Gasteiger partial charge in [0.15, 0.2) is 0 Å². The van der Waals surface area contributed by atoms with Gasteiger partial charge in [-0.2, -0.15) is 0 Å². The number of nitrogens with one attached hydrogen (secondary N) is 1. The van der Waals surface area contributed by atoms with Crippen molar-refractivity contribution in [3.8, 4) is 0 Å². The maximum atomic E-state index is 12.9. The van der Waals surface area contributed by atoms with Crippen LogP contribution in [0, 0.1) is 11.7 Å². The minimum Gasteiger partial charge on any atom is -0.396 e. The van der Waals surface area contributed by atoms with Crippen LogP contribution in [0.1, 0.15) is 27.2 Å². The predicted molar refractivity (Wildman–Crippen MR) is 74.3 cm³/mol. The van der Waals surface area contributed by atoms with Gasteiger partial charge in [-0.15, -0.1) is 0 Å². The molecule has 0 fully saturated rings. The molecule has 3 N–H and O–H groups in total. The molecule has 1 amide bonds. The highest BCUT2D eigenvalue weighted by atomic mass is 19.1. The Morgan fingerprint density at radius 3 is 2.68 bits per heavy atom. The lowest BCUT2D eigenvalue weighted by molar-refractivity contribution is -0.117. The molecule has 19 heavy (non-hydrogen) atoms. The van der Waals surface area contributed by atoms with E-state index in [1.54, 1.807) is 0 Å². The van der Waals surface area contributed by atoms with Gasteiger partial charge < -0.3 is 15.8 Å². The van der Waals surface area contributed by atoms with Crippen molar-refractivity contribution in [2.24, 2.45) is 5.92 Å². The van der Waals surface area contributed by atoms with Gasteiger partial charge in [0.1, 0.15) is 5.82 Å². The number of hydrogen-bond donors (Lipinski definition) is 2.